The second kappa shape index (κ2) is 14.3. The Morgan fingerprint density at radius 1 is 0.489 bits per heavy atom. The van der Waals surface area contributed by atoms with Gasteiger partial charge in [-0.25, -0.2) is 0 Å². The average molecular weight is 664 g/mol. The summed E-state index contributed by atoms with van der Waals surface area (Å²) in [7, 11) is 0. The van der Waals surface area contributed by atoms with Crippen molar-refractivity contribution in [2.24, 2.45) is 0 Å². The van der Waals surface area contributed by atoms with Crippen molar-refractivity contribution in [3.8, 4) is 45.3 Å². The van der Waals surface area contributed by atoms with Gasteiger partial charge in [-0.15, -0.1) is 0 Å². The van der Waals surface area contributed by atoms with Crippen molar-refractivity contribution < 1.29 is 20.4 Å². The first kappa shape index (κ1) is 33.5. The Labute approximate surface area is 285 Å². The van der Waals surface area contributed by atoms with Crippen molar-refractivity contribution >= 4 is 23.2 Å². The van der Waals surface area contributed by atoms with Gasteiger partial charge in [-0.3, -0.25) is 0 Å². The smallest absolute Gasteiger partial charge is 0.123 e. The van der Waals surface area contributed by atoms with Crippen LogP contribution in [0.2, 0.25) is 10.0 Å². The summed E-state index contributed by atoms with van der Waals surface area (Å²) < 4.78 is 0. The lowest BCUT2D eigenvalue weighted by molar-refractivity contribution is 0.474. The molecule has 0 saturated heterocycles. The average Bonchev–Trinajstić information content (AvgIpc) is 3.06. The van der Waals surface area contributed by atoms with E-state index >= 15 is 0 Å². The number of hydrogen-bond donors (Lipinski definition) is 4. The fraction of sp³-hybridized carbons (Fsp3) is 0.122. The lowest BCUT2D eigenvalue weighted by Gasteiger charge is -2.28. The van der Waals surface area contributed by atoms with Crippen LogP contribution >= 0.6 is 23.2 Å². The van der Waals surface area contributed by atoms with E-state index in [1.165, 1.54) is 12.1 Å². The SMILES string of the molecule is CC(C)(c1ccc(O)c(-c2ccccc2)c1)c1ccc(O)c(-c2ccccc2)c1.CC(c1ccc(O)cc1Cl)c1ccc(O)cc1Cl. The van der Waals surface area contributed by atoms with E-state index in [9.17, 15) is 20.4 Å². The van der Waals surface area contributed by atoms with Crippen molar-refractivity contribution in [2.75, 3.05) is 0 Å². The molecular weight excluding hydrogens is 627 g/mol. The molecule has 4 nitrogen and oxygen atoms in total. The molecule has 238 valence electrons. The summed E-state index contributed by atoms with van der Waals surface area (Å²) in [5, 5.41) is 40.5. The third kappa shape index (κ3) is 7.57. The number of hydrogen-bond acceptors (Lipinski definition) is 4. The Morgan fingerprint density at radius 3 is 1.23 bits per heavy atom. The first-order chi connectivity index (χ1) is 22.5. The lowest BCUT2D eigenvalue weighted by atomic mass is 9.76. The van der Waals surface area contributed by atoms with Crippen molar-refractivity contribution in [1.82, 2.24) is 0 Å². The number of aromatic hydroxyl groups is 4. The van der Waals surface area contributed by atoms with E-state index in [1.54, 1.807) is 36.4 Å². The maximum atomic E-state index is 10.4. The molecule has 0 atom stereocenters. The third-order valence-corrected chi connectivity index (χ3v) is 9.16. The maximum absolute atomic E-state index is 10.4. The van der Waals surface area contributed by atoms with E-state index in [0.717, 1.165) is 44.5 Å². The minimum absolute atomic E-state index is 0.0220. The molecule has 0 bridgehead atoms. The van der Waals surface area contributed by atoms with Gasteiger partial charge in [0.15, 0.2) is 0 Å². The highest BCUT2D eigenvalue weighted by Gasteiger charge is 2.25. The molecule has 0 amide bonds. The summed E-state index contributed by atoms with van der Waals surface area (Å²) in [4.78, 5) is 0. The zero-order valence-electron chi connectivity index (χ0n) is 26.3. The van der Waals surface area contributed by atoms with Crippen LogP contribution < -0.4 is 0 Å². The molecule has 0 unspecified atom stereocenters. The van der Waals surface area contributed by atoms with Gasteiger partial charge in [0.1, 0.15) is 23.0 Å². The van der Waals surface area contributed by atoms with E-state index in [-0.39, 0.29) is 34.3 Å². The summed E-state index contributed by atoms with van der Waals surface area (Å²) in [6, 6.07) is 41.1. The van der Waals surface area contributed by atoms with Crippen LogP contribution in [0.3, 0.4) is 0 Å². The third-order valence-electron chi connectivity index (χ3n) is 8.51. The molecule has 0 heterocycles. The minimum atomic E-state index is -0.311. The second-order valence-electron chi connectivity index (χ2n) is 12.0. The van der Waals surface area contributed by atoms with Crippen molar-refractivity contribution in [2.45, 2.75) is 32.1 Å². The van der Waals surface area contributed by atoms with Gasteiger partial charge < -0.3 is 20.4 Å². The first-order valence-electron chi connectivity index (χ1n) is 15.2. The van der Waals surface area contributed by atoms with Crippen LogP contribution in [0, 0.1) is 0 Å². The molecule has 6 aromatic rings. The van der Waals surface area contributed by atoms with Gasteiger partial charge in [-0.2, -0.15) is 0 Å². The molecule has 6 heteroatoms. The Balaban J connectivity index is 0.000000207. The van der Waals surface area contributed by atoms with Crippen molar-refractivity contribution in [3.63, 3.8) is 0 Å². The summed E-state index contributed by atoms with van der Waals surface area (Å²) in [5.41, 5.74) is 7.24. The largest absolute Gasteiger partial charge is 0.508 e. The number of rotatable bonds is 6. The molecule has 6 aromatic carbocycles. The number of halogens is 2. The maximum Gasteiger partial charge on any atom is 0.123 e. The Morgan fingerprint density at radius 2 is 0.872 bits per heavy atom. The molecule has 0 fully saturated rings. The Hall–Kier alpha value is -4.90. The van der Waals surface area contributed by atoms with E-state index in [2.05, 4.69) is 26.0 Å². The standard InChI is InChI=1S/C27H24O2.C14H12Cl2O2/c1-27(2,21-13-15-25(28)23(17-21)19-9-5-3-6-10-19)22-14-16-26(29)24(18-22)20-11-7-4-8-12-20;1-8(11-4-2-9(17)6-13(11)15)12-5-3-10(18)7-14(12)16/h3-18,28-29H,1-2H3;2-8,17-18H,1H3. The van der Waals surface area contributed by atoms with Crippen LogP contribution in [0.4, 0.5) is 0 Å². The van der Waals surface area contributed by atoms with E-state index in [1.807, 2.05) is 79.7 Å². The normalized spacial score (nSPS) is 11.2. The lowest BCUT2D eigenvalue weighted by Crippen LogP contribution is -2.19. The molecule has 4 N–H and O–H groups in total. The van der Waals surface area contributed by atoms with E-state index < -0.39 is 0 Å². The number of phenolic OH excluding ortho intramolecular Hbond substituents is 4. The van der Waals surface area contributed by atoms with Gasteiger partial charge in [0.2, 0.25) is 0 Å². The summed E-state index contributed by atoms with van der Waals surface area (Å²) in [5.74, 6) is 0.782. The zero-order valence-corrected chi connectivity index (χ0v) is 27.8. The van der Waals surface area contributed by atoms with E-state index in [0.29, 0.717) is 10.0 Å². The molecule has 0 spiro atoms. The van der Waals surface area contributed by atoms with Crippen LogP contribution in [0.5, 0.6) is 23.0 Å². The van der Waals surface area contributed by atoms with Crippen LogP contribution in [0.15, 0.2) is 133 Å². The molecule has 0 aliphatic heterocycles. The highest BCUT2D eigenvalue weighted by molar-refractivity contribution is 6.32. The van der Waals surface area contributed by atoms with Crippen LogP contribution in [0.1, 0.15) is 48.9 Å². The molecular formula is C41H36Cl2O4. The van der Waals surface area contributed by atoms with Gasteiger partial charge in [-0.1, -0.05) is 129 Å². The van der Waals surface area contributed by atoms with Gasteiger partial charge in [0.05, 0.1) is 0 Å². The van der Waals surface area contributed by atoms with Gasteiger partial charge in [0.25, 0.3) is 0 Å². The highest BCUT2D eigenvalue weighted by Crippen LogP contribution is 2.41. The molecule has 0 aliphatic carbocycles. The summed E-state index contributed by atoms with van der Waals surface area (Å²) in [6.45, 7) is 6.29. The van der Waals surface area contributed by atoms with Crippen molar-refractivity contribution in [3.05, 3.63) is 166 Å². The summed E-state index contributed by atoms with van der Waals surface area (Å²) >= 11 is 12.2. The van der Waals surface area contributed by atoms with Crippen molar-refractivity contribution in [1.29, 1.82) is 0 Å². The highest BCUT2D eigenvalue weighted by atomic mass is 35.5. The minimum Gasteiger partial charge on any atom is -0.508 e. The second-order valence-corrected chi connectivity index (χ2v) is 12.8. The fourth-order valence-corrected chi connectivity index (χ4v) is 6.29. The Kier molecular flexibility index (Phi) is 10.1. The van der Waals surface area contributed by atoms with E-state index in [4.69, 9.17) is 23.2 Å². The van der Waals surface area contributed by atoms with Gasteiger partial charge in [-0.05, 0) is 81.9 Å². The number of phenols is 4. The predicted molar refractivity (Wildman–Crippen MR) is 193 cm³/mol. The monoisotopic (exact) mass is 662 g/mol. The topological polar surface area (TPSA) is 80.9 Å². The quantitative estimate of drug-likeness (QED) is 0.143. The molecule has 6 rings (SSSR count). The first-order valence-corrected chi connectivity index (χ1v) is 16.0. The van der Waals surface area contributed by atoms with Crippen LogP contribution in [-0.2, 0) is 5.41 Å². The predicted octanol–water partition coefficient (Wildman–Crippen LogP) is 11.3. The fourth-order valence-electron chi connectivity index (χ4n) is 5.62. The molecule has 47 heavy (non-hydrogen) atoms. The molecule has 0 aliphatic rings. The Bertz CT molecular complexity index is 1850. The molecule has 0 radical (unpaired) electrons. The van der Waals surface area contributed by atoms with Gasteiger partial charge >= 0.3 is 0 Å². The molecule has 0 saturated carbocycles. The number of benzene rings is 6. The summed E-state index contributed by atoms with van der Waals surface area (Å²) in [6.07, 6.45) is 0. The zero-order chi connectivity index (χ0) is 33.7. The van der Waals surface area contributed by atoms with Gasteiger partial charge in [0, 0.05) is 32.5 Å². The van der Waals surface area contributed by atoms with Crippen LogP contribution in [-0.4, -0.2) is 20.4 Å². The molecule has 0 aromatic heterocycles. The van der Waals surface area contributed by atoms with Crippen LogP contribution in [0.25, 0.3) is 22.3 Å².